The molecule has 120 valence electrons. The van der Waals surface area contributed by atoms with Crippen LogP contribution in [0.5, 0.6) is 0 Å². The Hall–Kier alpha value is -1.62. The Labute approximate surface area is 137 Å². The van der Waals surface area contributed by atoms with Crippen molar-refractivity contribution in [2.45, 2.75) is 20.3 Å². The molecule has 2 rings (SSSR count). The lowest BCUT2D eigenvalue weighted by Gasteiger charge is -2.11. The summed E-state index contributed by atoms with van der Waals surface area (Å²) in [5.41, 5.74) is 3.91. The zero-order valence-corrected chi connectivity index (χ0v) is 14.5. The fourth-order valence-electron chi connectivity index (χ4n) is 2.55. The Morgan fingerprint density at radius 1 is 1.32 bits per heavy atom. The van der Waals surface area contributed by atoms with Crippen molar-refractivity contribution in [2.75, 3.05) is 31.6 Å². The van der Waals surface area contributed by atoms with Gasteiger partial charge in [0.25, 0.3) is 0 Å². The molecule has 0 bridgehead atoms. The van der Waals surface area contributed by atoms with E-state index in [1.165, 1.54) is 22.0 Å². The van der Waals surface area contributed by atoms with Gasteiger partial charge in [-0.05, 0) is 43.7 Å². The van der Waals surface area contributed by atoms with Gasteiger partial charge in [0.1, 0.15) is 0 Å². The van der Waals surface area contributed by atoms with Crippen molar-refractivity contribution in [1.82, 2.24) is 15.6 Å². The SMILES string of the molecule is CCNC(=NCCSC)NCCc1c[nH]c2cccc(C)c12. The van der Waals surface area contributed by atoms with Gasteiger partial charge in [0.2, 0.25) is 0 Å². The Kier molecular flexibility index (Phi) is 6.65. The van der Waals surface area contributed by atoms with Crippen LogP contribution in [0, 0.1) is 6.92 Å². The molecule has 0 amide bonds. The summed E-state index contributed by atoms with van der Waals surface area (Å²) in [5.74, 6) is 1.96. The molecule has 0 atom stereocenters. The van der Waals surface area contributed by atoms with Crippen molar-refractivity contribution in [3.8, 4) is 0 Å². The first-order chi connectivity index (χ1) is 10.8. The molecule has 0 saturated carbocycles. The fourth-order valence-corrected chi connectivity index (χ4v) is 2.83. The monoisotopic (exact) mass is 318 g/mol. The third-order valence-electron chi connectivity index (χ3n) is 3.59. The van der Waals surface area contributed by atoms with Crippen molar-refractivity contribution in [1.29, 1.82) is 0 Å². The maximum atomic E-state index is 4.57. The molecule has 5 heteroatoms. The Morgan fingerprint density at radius 2 is 2.18 bits per heavy atom. The molecule has 0 unspecified atom stereocenters. The molecule has 1 aromatic heterocycles. The topological polar surface area (TPSA) is 52.2 Å². The molecule has 0 aliphatic rings. The normalized spacial score (nSPS) is 11.9. The molecule has 0 radical (unpaired) electrons. The largest absolute Gasteiger partial charge is 0.361 e. The number of guanidine groups is 1. The molecule has 0 spiro atoms. The summed E-state index contributed by atoms with van der Waals surface area (Å²) in [5, 5.41) is 8.06. The van der Waals surface area contributed by atoms with Crippen molar-refractivity contribution in [2.24, 2.45) is 4.99 Å². The Bertz CT molecular complexity index is 618. The minimum absolute atomic E-state index is 0.850. The van der Waals surface area contributed by atoms with E-state index in [2.05, 4.69) is 65.1 Å². The number of H-pyrrole nitrogens is 1. The van der Waals surface area contributed by atoms with E-state index in [4.69, 9.17) is 0 Å². The number of aromatic nitrogens is 1. The van der Waals surface area contributed by atoms with Crippen LogP contribution in [-0.4, -0.2) is 42.6 Å². The van der Waals surface area contributed by atoms with Crippen LogP contribution in [0.1, 0.15) is 18.1 Å². The van der Waals surface area contributed by atoms with Gasteiger partial charge in [0.05, 0.1) is 6.54 Å². The summed E-state index contributed by atoms with van der Waals surface area (Å²) >= 11 is 1.82. The highest BCUT2D eigenvalue weighted by molar-refractivity contribution is 7.98. The van der Waals surface area contributed by atoms with Crippen molar-refractivity contribution < 1.29 is 0 Å². The standard InChI is InChI=1S/C17H26N4S/c1-4-18-17(20-10-11-22-3)19-9-8-14-12-21-15-7-5-6-13(2)16(14)15/h5-7,12,21H,4,8-11H2,1-3H3,(H2,18,19,20). The maximum absolute atomic E-state index is 4.57. The quantitative estimate of drug-likeness (QED) is 0.418. The van der Waals surface area contributed by atoms with Crippen LogP contribution in [0.4, 0.5) is 0 Å². The lowest BCUT2D eigenvalue weighted by molar-refractivity contribution is 0.806. The van der Waals surface area contributed by atoms with Crippen LogP contribution >= 0.6 is 11.8 Å². The van der Waals surface area contributed by atoms with Gasteiger partial charge >= 0.3 is 0 Å². The average molecular weight is 318 g/mol. The zero-order chi connectivity index (χ0) is 15.8. The van der Waals surface area contributed by atoms with E-state index in [1.54, 1.807) is 0 Å². The van der Waals surface area contributed by atoms with Crippen LogP contribution in [0.2, 0.25) is 0 Å². The first-order valence-electron chi connectivity index (χ1n) is 7.83. The van der Waals surface area contributed by atoms with Gasteiger partial charge in [-0.1, -0.05) is 12.1 Å². The smallest absolute Gasteiger partial charge is 0.191 e. The molecular formula is C17H26N4S. The highest BCUT2D eigenvalue weighted by Gasteiger charge is 2.06. The molecule has 0 aliphatic heterocycles. The number of hydrogen-bond donors (Lipinski definition) is 3. The fraction of sp³-hybridized carbons (Fsp3) is 0.471. The Balaban J connectivity index is 1.94. The molecule has 22 heavy (non-hydrogen) atoms. The highest BCUT2D eigenvalue weighted by atomic mass is 32.2. The molecule has 2 aromatic rings. The van der Waals surface area contributed by atoms with E-state index in [0.717, 1.165) is 37.8 Å². The van der Waals surface area contributed by atoms with Crippen molar-refractivity contribution in [3.05, 3.63) is 35.5 Å². The van der Waals surface area contributed by atoms with E-state index in [9.17, 15) is 0 Å². The minimum atomic E-state index is 0.850. The number of benzene rings is 1. The number of nitrogens with zero attached hydrogens (tertiary/aromatic N) is 1. The van der Waals surface area contributed by atoms with E-state index in [0.29, 0.717) is 0 Å². The predicted molar refractivity (Wildman–Crippen MR) is 99.1 cm³/mol. The summed E-state index contributed by atoms with van der Waals surface area (Å²) in [6.07, 6.45) is 5.21. The summed E-state index contributed by atoms with van der Waals surface area (Å²) in [4.78, 5) is 7.93. The van der Waals surface area contributed by atoms with E-state index in [-0.39, 0.29) is 0 Å². The zero-order valence-electron chi connectivity index (χ0n) is 13.7. The van der Waals surface area contributed by atoms with Crippen molar-refractivity contribution >= 4 is 28.6 Å². The first-order valence-corrected chi connectivity index (χ1v) is 9.22. The summed E-state index contributed by atoms with van der Waals surface area (Å²) in [6, 6.07) is 6.39. The van der Waals surface area contributed by atoms with E-state index in [1.807, 2.05) is 11.8 Å². The van der Waals surface area contributed by atoms with Crippen LogP contribution in [0.25, 0.3) is 10.9 Å². The summed E-state index contributed by atoms with van der Waals surface area (Å²) < 4.78 is 0. The van der Waals surface area contributed by atoms with Gasteiger partial charge in [-0.3, -0.25) is 4.99 Å². The lowest BCUT2D eigenvalue weighted by atomic mass is 10.1. The third kappa shape index (κ3) is 4.44. The second kappa shape index (κ2) is 8.73. The second-order valence-corrected chi connectivity index (χ2v) is 6.23. The van der Waals surface area contributed by atoms with Crippen molar-refractivity contribution in [3.63, 3.8) is 0 Å². The molecule has 3 N–H and O–H groups in total. The minimum Gasteiger partial charge on any atom is -0.361 e. The molecule has 0 saturated heterocycles. The summed E-state index contributed by atoms with van der Waals surface area (Å²) in [6.45, 7) is 6.88. The van der Waals surface area contributed by atoms with Gasteiger partial charge in [-0.2, -0.15) is 11.8 Å². The first kappa shape index (κ1) is 16.7. The number of hydrogen-bond acceptors (Lipinski definition) is 2. The molecule has 0 fully saturated rings. The van der Waals surface area contributed by atoms with Crippen LogP contribution in [0.15, 0.2) is 29.4 Å². The predicted octanol–water partition coefficient (Wildman–Crippen LogP) is 2.94. The van der Waals surface area contributed by atoms with Gasteiger partial charge in [0, 0.05) is 35.9 Å². The van der Waals surface area contributed by atoms with Gasteiger partial charge in [-0.25, -0.2) is 0 Å². The number of aryl methyl sites for hydroxylation is 1. The molecule has 4 nitrogen and oxygen atoms in total. The number of aromatic amines is 1. The number of aliphatic imine (C=N–C) groups is 1. The van der Waals surface area contributed by atoms with Gasteiger partial charge < -0.3 is 15.6 Å². The molecule has 1 heterocycles. The number of rotatable bonds is 7. The molecular weight excluding hydrogens is 292 g/mol. The van der Waals surface area contributed by atoms with Crippen LogP contribution < -0.4 is 10.6 Å². The molecule has 0 aliphatic carbocycles. The van der Waals surface area contributed by atoms with E-state index >= 15 is 0 Å². The number of fused-ring (bicyclic) bond motifs is 1. The second-order valence-electron chi connectivity index (χ2n) is 5.24. The van der Waals surface area contributed by atoms with E-state index < -0.39 is 0 Å². The van der Waals surface area contributed by atoms with Crippen LogP contribution in [-0.2, 0) is 6.42 Å². The molecule has 1 aromatic carbocycles. The maximum Gasteiger partial charge on any atom is 0.191 e. The third-order valence-corrected chi connectivity index (χ3v) is 4.18. The number of thioether (sulfide) groups is 1. The highest BCUT2D eigenvalue weighted by Crippen LogP contribution is 2.22. The summed E-state index contributed by atoms with van der Waals surface area (Å²) in [7, 11) is 0. The van der Waals surface area contributed by atoms with Crippen LogP contribution in [0.3, 0.4) is 0 Å². The lowest BCUT2D eigenvalue weighted by Crippen LogP contribution is -2.38. The van der Waals surface area contributed by atoms with Gasteiger partial charge in [-0.15, -0.1) is 0 Å². The Morgan fingerprint density at radius 3 is 2.95 bits per heavy atom. The number of nitrogens with one attached hydrogen (secondary N) is 3. The average Bonchev–Trinajstić information content (AvgIpc) is 2.92. The van der Waals surface area contributed by atoms with Gasteiger partial charge in [0.15, 0.2) is 5.96 Å².